The van der Waals surface area contributed by atoms with Crippen molar-refractivity contribution >= 4 is 46.0 Å². The summed E-state index contributed by atoms with van der Waals surface area (Å²) < 4.78 is 11.2. The molecule has 0 radical (unpaired) electrons. The lowest BCUT2D eigenvalue weighted by Crippen LogP contribution is -2.23. The molecule has 4 rings (SSSR count). The van der Waals surface area contributed by atoms with E-state index in [1.165, 1.54) is 0 Å². The number of hydrogen-bond acceptors (Lipinski definition) is 5. The van der Waals surface area contributed by atoms with Gasteiger partial charge in [0, 0.05) is 11.3 Å². The van der Waals surface area contributed by atoms with Gasteiger partial charge in [-0.15, -0.1) is 0 Å². The number of hydrogen-bond donors (Lipinski definition) is 2. The lowest BCUT2D eigenvalue weighted by molar-refractivity contribution is 0.0734. The van der Waals surface area contributed by atoms with Crippen molar-refractivity contribution in [2.24, 2.45) is 5.10 Å². The highest BCUT2D eigenvalue weighted by molar-refractivity contribution is 7.80. The normalized spacial score (nSPS) is 10.7. The Bertz CT molecular complexity index is 1320. The van der Waals surface area contributed by atoms with Crippen molar-refractivity contribution in [3.63, 3.8) is 0 Å². The Morgan fingerprint density at radius 1 is 0.941 bits per heavy atom. The van der Waals surface area contributed by atoms with Crippen molar-refractivity contribution in [3.05, 3.63) is 102 Å². The molecule has 4 aromatic rings. The zero-order chi connectivity index (χ0) is 23.8. The maximum atomic E-state index is 12.8. The van der Waals surface area contributed by atoms with E-state index < -0.39 is 5.97 Å². The summed E-state index contributed by atoms with van der Waals surface area (Å²) in [5.41, 5.74) is 4.74. The molecule has 0 unspecified atom stereocenters. The Kier molecular flexibility index (Phi) is 7.47. The predicted octanol–water partition coefficient (Wildman–Crippen LogP) is 5.78. The molecule has 0 aliphatic rings. The molecule has 34 heavy (non-hydrogen) atoms. The van der Waals surface area contributed by atoms with Gasteiger partial charge < -0.3 is 14.8 Å². The number of anilines is 1. The van der Waals surface area contributed by atoms with Gasteiger partial charge in [0.25, 0.3) is 0 Å². The second-order valence-corrected chi connectivity index (χ2v) is 7.64. The molecule has 0 atom stereocenters. The van der Waals surface area contributed by atoms with Crippen molar-refractivity contribution in [1.82, 2.24) is 5.43 Å². The van der Waals surface area contributed by atoms with E-state index in [9.17, 15) is 4.79 Å². The summed E-state index contributed by atoms with van der Waals surface area (Å²) in [6.07, 6.45) is 1.60. The number of hydrazone groups is 1. The standard InChI is InChI=1S/C27H23N3O3S/c1-2-32-22-15-12-20(13-16-22)26(31)33-25-17-14-19-8-6-7-11-23(19)24(25)18-28-30-27(34)29-21-9-4-3-5-10-21/h3-18H,2H2,1H3,(H2,29,30,34)/b28-18-. The molecule has 0 aromatic heterocycles. The minimum atomic E-state index is -0.470. The van der Waals surface area contributed by atoms with Crippen LogP contribution in [-0.2, 0) is 0 Å². The highest BCUT2D eigenvalue weighted by Crippen LogP contribution is 2.27. The average Bonchev–Trinajstić information content (AvgIpc) is 2.86. The number of benzene rings is 4. The Labute approximate surface area is 203 Å². The fraction of sp³-hybridized carbons (Fsp3) is 0.0741. The van der Waals surface area contributed by atoms with Crippen LogP contribution in [0.1, 0.15) is 22.8 Å². The van der Waals surface area contributed by atoms with Crippen LogP contribution in [-0.4, -0.2) is 23.9 Å². The molecule has 7 heteroatoms. The van der Waals surface area contributed by atoms with E-state index in [0.29, 0.717) is 34.3 Å². The van der Waals surface area contributed by atoms with Crippen LogP contribution >= 0.6 is 12.2 Å². The van der Waals surface area contributed by atoms with E-state index in [0.717, 1.165) is 16.5 Å². The van der Waals surface area contributed by atoms with E-state index in [1.54, 1.807) is 36.5 Å². The first-order valence-corrected chi connectivity index (χ1v) is 11.2. The summed E-state index contributed by atoms with van der Waals surface area (Å²) in [6, 6.07) is 27.9. The summed E-state index contributed by atoms with van der Waals surface area (Å²) in [5.74, 6) is 0.621. The quantitative estimate of drug-likeness (QED) is 0.118. The molecule has 170 valence electrons. The number of esters is 1. The second-order valence-electron chi connectivity index (χ2n) is 7.24. The van der Waals surface area contributed by atoms with Crippen molar-refractivity contribution in [1.29, 1.82) is 0 Å². The van der Waals surface area contributed by atoms with Gasteiger partial charge in [-0.25, -0.2) is 4.79 Å². The molecule has 2 N–H and O–H groups in total. The minimum absolute atomic E-state index is 0.343. The molecule has 0 heterocycles. The molecular weight excluding hydrogens is 446 g/mol. The summed E-state index contributed by atoms with van der Waals surface area (Å²) in [6.45, 7) is 2.46. The van der Waals surface area contributed by atoms with Crippen LogP contribution in [0.4, 0.5) is 5.69 Å². The molecular formula is C27H23N3O3S. The lowest BCUT2D eigenvalue weighted by Gasteiger charge is -2.11. The van der Waals surface area contributed by atoms with Gasteiger partial charge in [-0.1, -0.05) is 48.5 Å². The van der Waals surface area contributed by atoms with Gasteiger partial charge in [0.15, 0.2) is 5.11 Å². The molecule has 6 nitrogen and oxygen atoms in total. The number of carbonyl (C=O) groups excluding carboxylic acids is 1. The van der Waals surface area contributed by atoms with Crippen molar-refractivity contribution < 1.29 is 14.3 Å². The van der Waals surface area contributed by atoms with Gasteiger partial charge in [-0.2, -0.15) is 5.10 Å². The van der Waals surface area contributed by atoms with Crippen LogP contribution in [0.5, 0.6) is 11.5 Å². The largest absolute Gasteiger partial charge is 0.494 e. The van der Waals surface area contributed by atoms with Gasteiger partial charge in [-0.05, 0) is 72.4 Å². The number of nitrogens with one attached hydrogen (secondary N) is 2. The number of fused-ring (bicyclic) bond motifs is 1. The van der Waals surface area contributed by atoms with E-state index >= 15 is 0 Å². The number of rotatable bonds is 7. The number of carbonyl (C=O) groups is 1. The molecule has 0 spiro atoms. The fourth-order valence-corrected chi connectivity index (χ4v) is 3.52. The molecule has 0 bridgehead atoms. The minimum Gasteiger partial charge on any atom is -0.494 e. The van der Waals surface area contributed by atoms with Gasteiger partial charge >= 0.3 is 5.97 Å². The maximum Gasteiger partial charge on any atom is 0.343 e. The van der Waals surface area contributed by atoms with Crippen LogP contribution in [0.15, 0.2) is 96.1 Å². The van der Waals surface area contributed by atoms with Crippen molar-refractivity contribution in [3.8, 4) is 11.5 Å². The highest BCUT2D eigenvalue weighted by Gasteiger charge is 2.14. The third-order valence-electron chi connectivity index (χ3n) is 4.93. The van der Waals surface area contributed by atoms with Crippen LogP contribution in [0.25, 0.3) is 10.8 Å². The molecule has 0 aliphatic carbocycles. The Morgan fingerprint density at radius 3 is 2.44 bits per heavy atom. The summed E-state index contributed by atoms with van der Waals surface area (Å²) >= 11 is 5.31. The number of nitrogens with zero attached hydrogens (tertiary/aromatic N) is 1. The summed E-state index contributed by atoms with van der Waals surface area (Å²) in [5, 5.41) is 9.57. The number of para-hydroxylation sites is 1. The monoisotopic (exact) mass is 469 g/mol. The van der Waals surface area contributed by atoms with E-state index in [2.05, 4.69) is 15.8 Å². The molecule has 4 aromatic carbocycles. The predicted molar refractivity (Wildman–Crippen MR) is 140 cm³/mol. The SMILES string of the molecule is CCOc1ccc(C(=O)Oc2ccc3ccccc3c2/C=N\NC(=S)Nc2ccccc2)cc1. The van der Waals surface area contributed by atoms with E-state index in [4.69, 9.17) is 21.7 Å². The zero-order valence-electron chi connectivity index (χ0n) is 18.5. The summed E-state index contributed by atoms with van der Waals surface area (Å²) in [4.78, 5) is 12.8. The zero-order valence-corrected chi connectivity index (χ0v) is 19.3. The first-order valence-electron chi connectivity index (χ1n) is 10.8. The smallest absolute Gasteiger partial charge is 0.343 e. The summed E-state index contributed by atoms with van der Waals surface area (Å²) in [7, 11) is 0. The lowest BCUT2D eigenvalue weighted by atomic mass is 10.0. The Morgan fingerprint density at radius 2 is 1.68 bits per heavy atom. The van der Waals surface area contributed by atoms with Crippen molar-refractivity contribution in [2.75, 3.05) is 11.9 Å². The third kappa shape index (κ3) is 5.76. The topological polar surface area (TPSA) is 72.0 Å². The number of ether oxygens (including phenoxy) is 2. The first kappa shape index (κ1) is 22.9. The van der Waals surface area contributed by atoms with Crippen molar-refractivity contribution in [2.45, 2.75) is 6.92 Å². The number of thiocarbonyl (C=S) groups is 1. The average molecular weight is 470 g/mol. The second kappa shape index (κ2) is 11.1. The van der Waals surface area contributed by atoms with Gasteiger partial charge in [-0.3, -0.25) is 5.43 Å². The van der Waals surface area contributed by atoms with E-state index in [1.807, 2.05) is 67.6 Å². The fourth-order valence-electron chi connectivity index (χ4n) is 3.35. The first-order chi connectivity index (χ1) is 16.6. The Balaban J connectivity index is 1.54. The molecule has 0 fully saturated rings. The van der Waals surface area contributed by atoms with Crippen LogP contribution in [0, 0.1) is 0 Å². The molecule has 0 saturated heterocycles. The van der Waals surface area contributed by atoms with Crippen LogP contribution < -0.4 is 20.2 Å². The van der Waals surface area contributed by atoms with Crippen LogP contribution in [0.3, 0.4) is 0 Å². The third-order valence-corrected chi connectivity index (χ3v) is 5.12. The van der Waals surface area contributed by atoms with E-state index in [-0.39, 0.29) is 0 Å². The van der Waals surface area contributed by atoms with Crippen LogP contribution in [0.2, 0.25) is 0 Å². The maximum absolute atomic E-state index is 12.8. The molecule has 0 amide bonds. The molecule has 0 saturated carbocycles. The Hall–Kier alpha value is -4.23. The van der Waals surface area contributed by atoms with Gasteiger partial charge in [0.1, 0.15) is 11.5 Å². The molecule has 0 aliphatic heterocycles. The highest BCUT2D eigenvalue weighted by atomic mass is 32.1. The van der Waals surface area contributed by atoms with Gasteiger partial charge in [0.05, 0.1) is 18.4 Å². The van der Waals surface area contributed by atoms with Gasteiger partial charge in [0.2, 0.25) is 0 Å².